The van der Waals surface area contributed by atoms with Crippen LogP contribution in [0.15, 0.2) is 47.5 Å². The third-order valence-electron chi connectivity index (χ3n) is 8.21. The van der Waals surface area contributed by atoms with Gasteiger partial charge in [0.25, 0.3) is 5.91 Å². The van der Waals surface area contributed by atoms with E-state index in [1.54, 1.807) is 32.6 Å². The van der Waals surface area contributed by atoms with Crippen LogP contribution in [0.4, 0.5) is 0 Å². The molecule has 210 valence electrons. The van der Waals surface area contributed by atoms with Crippen LogP contribution in [-0.4, -0.2) is 92.5 Å². The fourth-order valence-corrected chi connectivity index (χ4v) is 6.60. The first-order valence-electron chi connectivity index (χ1n) is 12.9. The molecule has 3 aliphatic carbocycles. The van der Waals surface area contributed by atoms with Crippen molar-refractivity contribution in [2.45, 2.75) is 31.0 Å². The summed E-state index contributed by atoms with van der Waals surface area (Å²) in [6.45, 7) is 0.651. The second kappa shape index (κ2) is 9.54. The quantitative estimate of drug-likeness (QED) is 0.340. The molecule has 0 aliphatic heterocycles. The Labute approximate surface area is 230 Å². The van der Waals surface area contributed by atoms with Crippen LogP contribution >= 0.6 is 0 Å². The van der Waals surface area contributed by atoms with Crippen LogP contribution in [0.2, 0.25) is 0 Å². The molecule has 40 heavy (non-hydrogen) atoms. The number of hydrogen-bond acceptors (Lipinski definition) is 10. The number of Topliss-reactive ketones (excluding diaryl/α,β-unsaturated/α-hetero) is 2. The molecule has 0 bridgehead atoms. The van der Waals surface area contributed by atoms with E-state index >= 15 is 0 Å². The minimum Gasteiger partial charge on any atom is -0.508 e. The van der Waals surface area contributed by atoms with Crippen molar-refractivity contribution in [3.8, 4) is 16.9 Å². The molecule has 1 heterocycles. The normalized spacial score (nSPS) is 26.2. The van der Waals surface area contributed by atoms with Gasteiger partial charge in [0.1, 0.15) is 22.8 Å². The number of carbonyl (C=O) groups excluding carboxylic acids is 3. The molecule has 1 saturated carbocycles. The average Bonchev–Trinajstić information content (AvgIpc) is 2.85. The van der Waals surface area contributed by atoms with Crippen molar-refractivity contribution in [3.05, 3.63) is 64.2 Å². The Hall–Kier alpha value is -4.06. The monoisotopic (exact) mass is 548 g/mol. The summed E-state index contributed by atoms with van der Waals surface area (Å²) in [5.41, 5.74) is 4.75. The molecule has 5 rings (SSSR count). The van der Waals surface area contributed by atoms with Gasteiger partial charge >= 0.3 is 0 Å². The number of likely N-dealkylation sites (N-methyl/N-ethyl adjacent to an activating group) is 1. The van der Waals surface area contributed by atoms with Crippen LogP contribution in [-0.2, 0) is 27.3 Å². The van der Waals surface area contributed by atoms with Crippen LogP contribution in [0, 0.1) is 11.8 Å². The van der Waals surface area contributed by atoms with E-state index < -0.39 is 58.0 Å². The molecule has 1 aromatic carbocycles. The smallest absolute Gasteiger partial charge is 0.255 e. The van der Waals surface area contributed by atoms with Gasteiger partial charge < -0.3 is 31.1 Å². The lowest BCUT2D eigenvalue weighted by Crippen LogP contribution is -2.65. The fourth-order valence-electron chi connectivity index (χ4n) is 6.60. The van der Waals surface area contributed by atoms with Gasteiger partial charge in [-0.3, -0.25) is 24.3 Å². The number of aromatic nitrogens is 1. The zero-order chi connectivity index (χ0) is 29.3. The number of nitrogens with two attached hydrogens (primary N) is 1. The molecule has 0 radical (unpaired) electrons. The van der Waals surface area contributed by atoms with Crippen LogP contribution < -0.4 is 5.73 Å². The molecule has 4 atom stereocenters. The fraction of sp³-hybridized carbons (Fsp3) is 0.379. The van der Waals surface area contributed by atoms with Crippen molar-refractivity contribution in [2.24, 2.45) is 17.6 Å². The highest BCUT2D eigenvalue weighted by Crippen LogP contribution is 2.53. The number of aliphatic hydroxyl groups is 3. The number of ketones is 2. The first kappa shape index (κ1) is 27.5. The maximum Gasteiger partial charge on any atom is 0.255 e. The van der Waals surface area contributed by atoms with E-state index in [1.165, 1.54) is 11.0 Å². The number of benzene rings is 1. The van der Waals surface area contributed by atoms with Crippen molar-refractivity contribution in [1.82, 2.24) is 14.8 Å². The predicted molar refractivity (Wildman–Crippen MR) is 145 cm³/mol. The van der Waals surface area contributed by atoms with Gasteiger partial charge in [-0.2, -0.15) is 0 Å². The number of phenolic OH excluding ortho intramolecular Hbond substituents is 1. The van der Waals surface area contributed by atoms with Gasteiger partial charge in [-0.1, -0.05) is 6.07 Å². The van der Waals surface area contributed by atoms with Crippen molar-refractivity contribution in [2.75, 3.05) is 28.2 Å². The minimum absolute atomic E-state index is 0.0276. The van der Waals surface area contributed by atoms with Crippen LogP contribution in [0.3, 0.4) is 0 Å². The van der Waals surface area contributed by atoms with E-state index in [1.807, 2.05) is 25.1 Å². The summed E-state index contributed by atoms with van der Waals surface area (Å²) in [6, 6.07) is 3.98. The second-order valence-corrected chi connectivity index (χ2v) is 11.3. The topological polar surface area (TPSA) is 178 Å². The molecule has 6 N–H and O–H groups in total. The molecule has 2 aromatic rings. The summed E-state index contributed by atoms with van der Waals surface area (Å²) in [5.74, 6) is -6.75. The molecule has 0 saturated heterocycles. The maximum atomic E-state index is 14.0. The van der Waals surface area contributed by atoms with Crippen molar-refractivity contribution >= 4 is 23.2 Å². The highest BCUT2D eigenvalue weighted by molar-refractivity contribution is 6.24. The lowest BCUT2D eigenvalue weighted by molar-refractivity contribution is -0.153. The summed E-state index contributed by atoms with van der Waals surface area (Å²) in [6.07, 6.45) is 3.67. The Morgan fingerprint density at radius 2 is 1.82 bits per heavy atom. The first-order valence-corrected chi connectivity index (χ1v) is 12.9. The summed E-state index contributed by atoms with van der Waals surface area (Å²) >= 11 is 0. The minimum atomic E-state index is -2.66. The maximum absolute atomic E-state index is 14.0. The summed E-state index contributed by atoms with van der Waals surface area (Å²) in [7, 11) is 7.02. The average molecular weight is 549 g/mol. The molecule has 1 fully saturated rings. The number of fused-ring (bicyclic) bond motifs is 3. The molecule has 1 aromatic heterocycles. The number of hydrogen-bond donors (Lipinski definition) is 5. The zero-order valence-corrected chi connectivity index (χ0v) is 22.7. The lowest BCUT2D eigenvalue weighted by Gasteiger charge is -2.50. The van der Waals surface area contributed by atoms with E-state index in [4.69, 9.17) is 5.73 Å². The number of amides is 1. The van der Waals surface area contributed by atoms with Crippen LogP contribution in [0.5, 0.6) is 5.75 Å². The molecule has 1 amide bonds. The number of aliphatic hydroxyl groups excluding tert-OH is 2. The van der Waals surface area contributed by atoms with E-state index in [-0.39, 0.29) is 29.7 Å². The van der Waals surface area contributed by atoms with Crippen LogP contribution in [0.25, 0.3) is 16.9 Å². The van der Waals surface area contributed by atoms with E-state index in [0.29, 0.717) is 17.7 Å². The number of pyridine rings is 1. The largest absolute Gasteiger partial charge is 0.508 e. The van der Waals surface area contributed by atoms with Crippen LogP contribution in [0.1, 0.15) is 23.1 Å². The number of nitrogens with zero attached hydrogens (tertiary/aromatic N) is 3. The third-order valence-corrected chi connectivity index (χ3v) is 8.21. The molecular formula is C29H32N4O7. The molecule has 11 heteroatoms. The number of carbonyl (C=O) groups is 3. The Morgan fingerprint density at radius 1 is 1.12 bits per heavy atom. The van der Waals surface area contributed by atoms with Gasteiger partial charge in [0, 0.05) is 36.0 Å². The van der Waals surface area contributed by atoms with Gasteiger partial charge in [0.05, 0.1) is 11.6 Å². The molecule has 11 nitrogen and oxygen atoms in total. The predicted octanol–water partition coefficient (Wildman–Crippen LogP) is 1.09. The standard InChI is InChI=1S/C29H32N4O7/c1-32(2)12-13-7-15(11-31-10-13)16-5-6-19(34)21-17(16)8-14-9-18-23(33(3)4)25(36)22(28(30)39)27(38)29(18,40)26(37)20(14)24(21)35/h5-7,10-11,14,18,23,34-35,38,40H,8-9,12H2,1-4H3,(H2,30,39)/t14-,18-,23-,29-/m0/s1. The Kier molecular flexibility index (Phi) is 6.56. The van der Waals surface area contributed by atoms with Crippen molar-refractivity contribution in [3.63, 3.8) is 0 Å². The summed E-state index contributed by atoms with van der Waals surface area (Å²) < 4.78 is 0. The zero-order valence-electron chi connectivity index (χ0n) is 22.7. The van der Waals surface area contributed by atoms with Gasteiger partial charge in [-0.25, -0.2) is 0 Å². The lowest BCUT2D eigenvalue weighted by atomic mass is 9.57. The summed E-state index contributed by atoms with van der Waals surface area (Å²) in [5, 5.41) is 44.9. The first-order chi connectivity index (χ1) is 18.8. The SMILES string of the molecule is CN(C)Cc1cncc(-c2ccc(O)c3c2C[C@H]2C[C@H]4[C@H](N(C)C)C(=O)C(C(N)=O)=C(O)[C@@]4(O)C(=O)C2=C3O)c1. The molecule has 0 unspecified atom stereocenters. The number of aromatic hydroxyl groups is 1. The Balaban J connectivity index is 1.70. The van der Waals surface area contributed by atoms with Gasteiger partial charge in [-0.15, -0.1) is 0 Å². The van der Waals surface area contributed by atoms with Crippen molar-refractivity contribution < 1.29 is 34.8 Å². The van der Waals surface area contributed by atoms with E-state index in [9.17, 15) is 34.8 Å². The molecule has 0 spiro atoms. The van der Waals surface area contributed by atoms with E-state index in [0.717, 1.165) is 11.1 Å². The highest BCUT2D eigenvalue weighted by Gasteiger charge is 2.64. The Morgan fingerprint density at radius 3 is 2.45 bits per heavy atom. The van der Waals surface area contributed by atoms with Crippen molar-refractivity contribution in [1.29, 1.82) is 0 Å². The second-order valence-electron chi connectivity index (χ2n) is 11.3. The number of rotatable bonds is 5. The summed E-state index contributed by atoms with van der Waals surface area (Å²) in [4.78, 5) is 47.2. The number of phenols is 1. The Bertz CT molecular complexity index is 1530. The van der Waals surface area contributed by atoms with Gasteiger partial charge in [0.2, 0.25) is 5.78 Å². The van der Waals surface area contributed by atoms with E-state index in [2.05, 4.69) is 4.98 Å². The highest BCUT2D eigenvalue weighted by atomic mass is 16.3. The van der Waals surface area contributed by atoms with Gasteiger partial charge in [-0.05, 0) is 75.8 Å². The van der Waals surface area contributed by atoms with Gasteiger partial charge in [0.15, 0.2) is 11.4 Å². The molecule has 3 aliphatic rings. The third kappa shape index (κ3) is 3.92. The number of primary amides is 1. The molecular weight excluding hydrogens is 516 g/mol.